The summed E-state index contributed by atoms with van der Waals surface area (Å²) < 4.78 is 2.47. The van der Waals surface area contributed by atoms with E-state index in [4.69, 9.17) is 10.7 Å². The van der Waals surface area contributed by atoms with Gasteiger partial charge in [-0.2, -0.15) is 0 Å². The molecule has 0 aromatic carbocycles. The molecule has 1 aromatic rings. The van der Waals surface area contributed by atoms with E-state index in [2.05, 4.69) is 4.57 Å². The van der Waals surface area contributed by atoms with Crippen molar-refractivity contribution in [3.63, 3.8) is 0 Å². The third kappa shape index (κ3) is 1.41. The summed E-state index contributed by atoms with van der Waals surface area (Å²) in [6, 6.07) is 0. The Morgan fingerprint density at radius 2 is 2.13 bits per heavy atom. The zero-order valence-electron chi connectivity index (χ0n) is 9.21. The molecule has 0 saturated carbocycles. The average Bonchev–Trinajstić information content (AvgIpc) is 2.67. The van der Waals surface area contributed by atoms with E-state index in [1.54, 1.807) is 0 Å². The van der Waals surface area contributed by atoms with Crippen molar-refractivity contribution < 1.29 is 0 Å². The normalized spacial score (nSPS) is 24.7. The Balaban J connectivity index is 2.06. The molecule has 0 bridgehead atoms. The van der Waals surface area contributed by atoms with Gasteiger partial charge in [0.15, 0.2) is 0 Å². The highest BCUT2D eigenvalue weighted by Crippen LogP contribution is 2.31. The van der Waals surface area contributed by atoms with E-state index in [0.29, 0.717) is 5.92 Å². The van der Waals surface area contributed by atoms with E-state index in [1.807, 2.05) is 0 Å². The van der Waals surface area contributed by atoms with Crippen LogP contribution >= 0.6 is 0 Å². The summed E-state index contributed by atoms with van der Waals surface area (Å²) in [7, 11) is 0. The molecule has 1 aliphatic heterocycles. The summed E-state index contributed by atoms with van der Waals surface area (Å²) >= 11 is 0. The molecule has 1 aromatic heterocycles. The van der Waals surface area contributed by atoms with Gasteiger partial charge >= 0.3 is 0 Å². The van der Waals surface area contributed by atoms with Crippen molar-refractivity contribution >= 4 is 0 Å². The standard InChI is InChI=1S/C12H19N3/c13-8-9-4-3-7-15-11-6-2-1-5-10(11)14-12(9)15/h9H,1-8,13H2/t9-/m0/s1. The molecule has 0 radical (unpaired) electrons. The maximum Gasteiger partial charge on any atom is 0.113 e. The maximum absolute atomic E-state index is 5.82. The molecule has 0 saturated heterocycles. The van der Waals surface area contributed by atoms with Gasteiger partial charge in [-0.1, -0.05) is 0 Å². The average molecular weight is 205 g/mol. The molecule has 3 heteroatoms. The van der Waals surface area contributed by atoms with Crippen LogP contribution in [0.25, 0.3) is 0 Å². The number of nitrogens with zero attached hydrogens (tertiary/aromatic N) is 2. The highest BCUT2D eigenvalue weighted by Gasteiger charge is 2.26. The highest BCUT2D eigenvalue weighted by molar-refractivity contribution is 5.23. The minimum Gasteiger partial charge on any atom is -0.331 e. The minimum atomic E-state index is 0.518. The van der Waals surface area contributed by atoms with Gasteiger partial charge in [0.1, 0.15) is 5.82 Å². The summed E-state index contributed by atoms with van der Waals surface area (Å²) in [5.74, 6) is 1.81. The summed E-state index contributed by atoms with van der Waals surface area (Å²) in [5, 5.41) is 0. The fourth-order valence-corrected chi connectivity index (χ4v) is 3.03. The summed E-state index contributed by atoms with van der Waals surface area (Å²) in [6.45, 7) is 1.93. The molecule has 82 valence electrons. The SMILES string of the molecule is NC[C@@H]1CCCn2c1nc1c2CCCC1. The molecular formula is C12H19N3. The van der Waals surface area contributed by atoms with Crippen LogP contribution in [0.5, 0.6) is 0 Å². The van der Waals surface area contributed by atoms with Crippen LogP contribution in [0.15, 0.2) is 0 Å². The number of hydrogen-bond acceptors (Lipinski definition) is 2. The van der Waals surface area contributed by atoms with Crippen molar-refractivity contribution in [1.82, 2.24) is 9.55 Å². The Bertz CT molecular complexity index is 367. The molecule has 2 aliphatic rings. The van der Waals surface area contributed by atoms with Gasteiger partial charge in [0.25, 0.3) is 0 Å². The Labute approximate surface area is 90.7 Å². The second-order valence-corrected chi connectivity index (χ2v) is 4.80. The van der Waals surface area contributed by atoms with E-state index < -0.39 is 0 Å². The van der Waals surface area contributed by atoms with Crippen molar-refractivity contribution in [2.75, 3.05) is 6.54 Å². The van der Waals surface area contributed by atoms with Gasteiger partial charge in [-0.25, -0.2) is 4.98 Å². The minimum absolute atomic E-state index is 0.518. The molecular weight excluding hydrogens is 186 g/mol. The van der Waals surface area contributed by atoms with Gasteiger partial charge in [0.05, 0.1) is 5.69 Å². The van der Waals surface area contributed by atoms with Crippen LogP contribution in [0, 0.1) is 0 Å². The Kier molecular flexibility index (Phi) is 2.28. The molecule has 0 unspecified atom stereocenters. The van der Waals surface area contributed by atoms with Crippen LogP contribution in [0.2, 0.25) is 0 Å². The summed E-state index contributed by atoms with van der Waals surface area (Å²) in [5.41, 5.74) is 8.72. The second kappa shape index (κ2) is 3.63. The lowest BCUT2D eigenvalue weighted by Crippen LogP contribution is -2.23. The number of nitrogens with two attached hydrogens (primary N) is 1. The topological polar surface area (TPSA) is 43.8 Å². The van der Waals surface area contributed by atoms with Gasteiger partial charge in [-0.3, -0.25) is 0 Å². The first-order chi connectivity index (χ1) is 7.40. The summed E-state index contributed by atoms with van der Waals surface area (Å²) in [4.78, 5) is 4.83. The van der Waals surface area contributed by atoms with E-state index in [9.17, 15) is 0 Å². The summed E-state index contributed by atoms with van der Waals surface area (Å²) in [6.07, 6.45) is 7.58. The third-order valence-electron chi connectivity index (χ3n) is 3.85. The zero-order valence-corrected chi connectivity index (χ0v) is 9.21. The lowest BCUT2D eigenvalue weighted by atomic mass is 9.98. The van der Waals surface area contributed by atoms with Crippen molar-refractivity contribution in [2.45, 2.75) is 51.0 Å². The molecule has 2 heterocycles. The Morgan fingerprint density at radius 1 is 1.27 bits per heavy atom. The van der Waals surface area contributed by atoms with Gasteiger partial charge in [0, 0.05) is 24.7 Å². The van der Waals surface area contributed by atoms with Crippen molar-refractivity contribution in [1.29, 1.82) is 0 Å². The lowest BCUT2D eigenvalue weighted by molar-refractivity contribution is 0.437. The van der Waals surface area contributed by atoms with Gasteiger partial charge in [-0.05, 0) is 38.5 Å². The van der Waals surface area contributed by atoms with Gasteiger partial charge in [-0.15, -0.1) is 0 Å². The van der Waals surface area contributed by atoms with Crippen molar-refractivity contribution in [3.8, 4) is 0 Å². The first-order valence-corrected chi connectivity index (χ1v) is 6.18. The molecule has 2 N–H and O–H groups in total. The van der Waals surface area contributed by atoms with Crippen LogP contribution in [0.3, 0.4) is 0 Å². The van der Waals surface area contributed by atoms with E-state index in [1.165, 1.54) is 62.3 Å². The van der Waals surface area contributed by atoms with Crippen molar-refractivity contribution in [2.24, 2.45) is 5.73 Å². The Hall–Kier alpha value is -0.830. The van der Waals surface area contributed by atoms with Crippen LogP contribution in [-0.4, -0.2) is 16.1 Å². The fraction of sp³-hybridized carbons (Fsp3) is 0.750. The van der Waals surface area contributed by atoms with Gasteiger partial charge in [0.2, 0.25) is 0 Å². The smallest absolute Gasteiger partial charge is 0.113 e. The number of rotatable bonds is 1. The first kappa shape index (κ1) is 9.40. The second-order valence-electron chi connectivity index (χ2n) is 4.80. The van der Waals surface area contributed by atoms with E-state index in [-0.39, 0.29) is 0 Å². The van der Waals surface area contributed by atoms with Crippen molar-refractivity contribution in [3.05, 3.63) is 17.2 Å². The zero-order chi connectivity index (χ0) is 10.3. The molecule has 0 fully saturated rings. The number of imidazole rings is 1. The van der Waals surface area contributed by atoms with Crippen LogP contribution < -0.4 is 5.73 Å². The maximum atomic E-state index is 5.82. The predicted molar refractivity (Wildman–Crippen MR) is 59.9 cm³/mol. The quantitative estimate of drug-likeness (QED) is 0.756. The third-order valence-corrected chi connectivity index (χ3v) is 3.85. The molecule has 1 atom stereocenters. The molecule has 0 amide bonds. The predicted octanol–water partition coefficient (Wildman–Crippen LogP) is 1.60. The van der Waals surface area contributed by atoms with Crippen LogP contribution in [0.1, 0.15) is 48.8 Å². The lowest BCUT2D eigenvalue weighted by Gasteiger charge is -2.24. The van der Waals surface area contributed by atoms with Crippen LogP contribution in [0.4, 0.5) is 0 Å². The van der Waals surface area contributed by atoms with Crippen LogP contribution in [-0.2, 0) is 19.4 Å². The van der Waals surface area contributed by atoms with E-state index >= 15 is 0 Å². The fourth-order valence-electron chi connectivity index (χ4n) is 3.03. The van der Waals surface area contributed by atoms with E-state index in [0.717, 1.165) is 6.54 Å². The highest BCUT2D eigenvalue weighted by atomic mass is 15.1. The number of aryl methyl sites for hydroxylation is 1. The number of aromatic nitrogens is 2. The monoisotopic (exact) mass is 205 g/mol. The largest absolute Gasteiger partial charge is 0.331 e. The molecule has 1 aliphatic carbocycles. The molecule has 15 heavy (non-hydrogen) atoms. The first-order valence-electron chi connectivity index (χ1n) is 6.18. The number of fused-ring (bicyclic) bond motifs is 3. The molecule has 3 rings (SSSR count). The molecule has 0 spiro atoms. The number of hydrogen-bond donors (Lipinski definition) is 1. The van der Waals surface area contributed by atoms with Gasteiger partial charge < -0.3 is 10.3 Å². The Morgan fingerprint density at radius 3 is 3.00 bits per heavy atom. The molecule has 3 nitrogen and oxygen atoms in total.